The molecular formula is C18H22ClN3O6. The van der Waals surface area contributed by atoms with Gasteiger partial charge in [0, 0.05) is 18.0 Å². The number of nitrogens with zero attached hydrogens (tertiary/aromatic N) is 1. The average molecular weight is 412 g/mol. The number of carbonyl (C=O) groups excluding carboxylic acids is 4. The first-order chi connectivity index (χ1) is 13.1. The third-order valence-corrected chi connectivity index (χ3v) is 4.24. The summed E-state index contributed by atoms with van der Waals surface area (Å²) in [7, 11) is 1.45. The summed E-state index contributed by atoms with van der Waals surface area (Å²) < 4.78 is 10.0. The monoisotopic (exact) mass is 411 g/mol. The molecule has 0 aromatic heterocycles. The molecule has 1 saturated heterocycles. The van der Waals surface area contributed by atoms with Crippen molar-refractivity contribution in [1.82, 2.24) is 10.2 Å². The van der Waals surface area contributed by atoms with Crippen LogP contribution < -0.4 is 15.4 Å². The molecule has 1 heterocycles. The zero-order chi connectivity index (χ0) is 20.9. The van der Waals surface area contributed by atoms with E-state index < -0.39 is 30.1 Å². The number of urea groups is 1. The van der Waals surface area contributed by atoms with Crippen LogP contribution in [0.5, 0.6) is 5.75 Å². The first kappa shape index (κ1) is 21.5. The number of hydrogen-bond acceptors (Lipinski definition) is 6. The summed E-state index contributed by atoms with van der Waals surface area (Å²) in [5, 5.41) is 5.52. The van der Waals surface area contributed by atoms with Crippen LogP contribution in [-0.4, -0.2) is 54.5 Å². The first-order valence-electron chi connectivity index (χ1n) is 8.57. The topological polar surface area (TPSA) is 114 Å². The fourth-order valence-corrected chi connectivity index (χ4v) is 2.76. The summed E-state index contributed by atoms with van der Waals surface area (Å²) >= 11 is 5.89. The standard InChI is InChI=1S/C18H22ClN3O6/c1-18(2)16(25)22(17(26)21-18)8-4-5-15(24)28-10-14(23)20-12-9-11(19)6-7-13(12)27-3/h6-7,9H,4-5,8,10H2,1-3H3,(H,20,23)(H,21,26). The number of benzene rings is 1. The Labute approximate surface area is 167 Å². The Morgan fingerprint density at radius 2 is 2.00 bits per heavy atom. The molecule has 0 unspecified atom stereocenters. The Hall–Kier alpha value is -2.81. The molecule has 1 aliphatic heterocycles. The van der Waals surface area contributed by atoms with Crippen LogP contribution in [0.3, 0.4) is 0 Å². The number of hydrogen-bond donors (Lipinski definition) is 2. The lowest BCUT2D eigenvalue weighted by atomic mass is 10.1. The van der Waals surface area contributed by atoms with Crippen LogP contribution in [0.4, 0.5) is 10.5 Å². The molecule has 4 amide bonds. The highest BCUT2D eigenvalue weighted by Crippen LogP contribution is 2.27. The zero-order valence-electron chi connectivity index (χ0n) is 15.8. The minimum atomic E-state index is -0.947. The second-order valence-electron chi connectivity index (χ2n) is 6.67. The summed E-state index contributed by atoms with van der Waals surface area (Å²) in [6, 6.07) is 4.24. The van der Waals surface area contributed by atoms with Gasteiger partial charge < -0.3 is 20.1 Å². The smallest absolute Gasteiger partial charge is 0.325 e. The van der Waals surface area contributed by atoms with Crippen LogP contribution in [0.2, 0.25) is 5.02 Å². The van der Waals surface area contributed by atoms with E-state index in [0.717, 1.165) is 4.90 Å². The van der Waals surface area contributed by atoms with Crippen LogP contribution in [-0.2, 0) is 19.1 Å². The highest BCUT2D eigenvalue weighted by atomic mass is 35.5. The van der Waals surface area contributed by atoms with Crippen LogP contribution in [0.15, 0.2) is 18.2 Å². The Balaban J connectivity index is 1.74. The molecule has 152 valence electrons. The number of amides is 4. The van der Waals surface area contributed by atoms with Gasteiger partial charge in [0.15, 0.2) is 6.61 Å². The molecule has 0 aliphatic carbocycles. The number of rotatable bonds is 8. The Morgan fingerprint density at radius 1 is 1.29 bits per heavy atom. The quantitative estimate of drug-likeness (QED) is 0.499. The molecule has 0 atom stereocenters. The molecule has 28 heavy (non-hydrogen) atoms. The van der Waals surface area contributed by atoms with E-state index in [-0.39, 0.29) is 25.3 Å². The van der Waals surface area contributed by atoms with Gasteiger partial charge in [-0.3, -0.25) is 19.3 Å². The minimum Gasteiger partial charge on any atom is -0.495 e. The minimum absolute atomic E-state index is 0.0365. The van der Waals surface area contributed by atoms with Gasteiger partial charge in [-0.05, 0) is 38.5 Å². The molecule has 0 bridgehead atoms. The molecule has 10 heteroatoms. The van der Waals surface area contributed by atoms with Gasteiger partial charge in [-0.15, -0.1) is 0 Å². The molecule has 1 aromatic carbocycles. The van der Waals surface area contributed by atoms with Crippen molar-refractivity contribution in [2.45, 2.75) is 32.2 Å². The van der Waals surface area contributed by atoms with E-state index in [1.807, 2.05) is 0 Å². The molecule has 1 aliphatic rings. The van der Waals surface area contributed by atoms with Crippen molar-refractivity contribution < 1.29 is 28.7 Å². The van der Waals surface area contributed by atoms with Crippen LogP contribution in [0.1, 0.15) is 26.7 Å². The predicted molar refractivity (Wildman–Crippen MR) is 101 cm³/mol. The maximum absolute atomic E-state index is 12.0. The maximum atomic E-state index is 12.0. The number of imide groups is 1. The number of carbonyl (C=O) groups is 4. The second kappa shape index (κ2) is 8.92. The molecule has 1 aromatic rings. The second-order valence-corrected chi connectivity index (χ2v) is 7.11. The number of esters is 1. The molecule has 9 nitrogen and oxygen atoms in total. The van der Waals surface area contributed by atoms with Crippen molar-refractivity contribution in [2.75, 3.05) is 25.6 Å². The Kier molecular flexibility index (Phi) is 6.85. The molecule has 2 rings (SSSR count). The largest absolute Gasteiger partial charge is 0.495 e. The van der Waals surface area contributed by atoms with Gasteiger partial charge in [-0.1, -0.05) is 11.6 Å². The lowest BCUT2D eigenvalue weighted by Crippen LogP contribution is -2.40. The number of anilines is 1. The van der Waals surface area contributed by atoms with E-state index in [2.05, 4.69) is 10.6 Å². The molecule has 0 radical (unpaired) electrons. The van der Waals surface area contributed by atoms with Gasteiger partial charge in [-0.25, -0.2) is 4.79 Å². The van der Waals surface area contributed by atoms with Crippen LogP contribution in [0.25, 0.3) is 0 Å². The van der Waals surface area contributed by atoms with Crippen molar-refractivity contribution in [3.8, 4) is 5.75 Å². The highest BCUT2D eigenvalue weighted by molar-refractivity contribution is 6.31. The van der Waals surface area contributed by atoms with E-state index in [1.54, 1.807) is 26.0 Å². The summed E-state index contributed by atoms with van der Waals surface area (Å²) in [6.07, 6.45) is 0.197. The van der Waals surface area contributed by atoms with Gasteiger partial charge in [0.05, 0.1) is 12.8 Å². The predicted octanol–water partition coefficient (Wildman–Crippen LogP) is 1.94. The third kappa shape index (κ3) is 5.35. The lowest BCUT2D eigenvalue weighted by Gasteiger charge is -2.15. The highest BCUT2D eigenvalue weighted by Gasteiger charge is 2.43. The van der Waals surface area contributed by atoms with Gasteiger partial charge >= 0.3 is 12.0 Å². The number of halogens is 1. The van der Waals surface area contributed by atoms with Crippen LogP contribution in [0, 0.1) is 0 Å². The number of nitrogens with one attached hydrogen (secondary N) is 2. The SMILES string of the molecule is COc1ccc(Cl)cc1NC(=O)COC(=O)CCCN1C(=O)NC(C)(C)C1=O. The molecule has 0 saturated carbocycles. The molecular weight excluding hydrogens is 390 g/mol. The van der Waals surface area contributed by atoms with Crippen molar-refractivity contribution in [3.63, 3.8) is 0 Å². The van der Waals surface area contributed by atoms with Crippen molar-refractivity contribution in [2.24, 2.45) is 0 Å². The molecule has 2 N–H and O–H groups in total. The fraction of sp³-hybridized carbons (Fsp3) is 0.444. The summed E-state index contributed by atoms with van der Waals surface area (Å²) in [6.45, 7) is 2.82. The van der Waals surface area contributed by atoms with E-state index >= 15 is 0 Å². The first-order valence-corrected chi connectivity index (χ1v) is 8.95. The lowest BCUT2D eigenvalue weighted by molar-refractivity contribution is -0.147. The Morgan fingerprint density at radius 3 is 2.61 bits per heavy atom. The fourth-order valence-electron chi connectivity index (χ4n) is 2.58. The maximum Gasteiger partial charge on any atom is 0.325 e. The normalized spacial score (nSPS) is 15.2. The Bertz CT molecular complexity index is 796. The van der Waals surface area contributed by atoms with E-state index in [1.165, 1.54) is 13.2 Å². The van der Waals surface area contributed by atoms with E-state index in [9.17, 15) is 19.2 Å². The zero-order valence-corrected chi connectivity index (χ0v) is 16.6. The van der Waals surface area contributed by atoms with Crippen molar-refractivity contribution in [1.29, 1.82) is 0 Å². The number of ether oxygens (including phenoxy) is 2. The summed E-state index contributed by atoms with van der Waals surface area (Å²) in [5.74, 6) is -1.09. The summed E-state index contributed by atoms with van der Waals surface area (Å²) in [4.78, 5) is 48.6. The third-order valence-electron chi connectivity index (χ3n) is 4.01. The average Bonchev–Trinajstić information content (AvgIpc) is 2.81. The van der Waals surface area contributed by atoms with Gasteiger partial charge in [0.25, 0.3) is 11.8 Å². The van der Waals surface area contributed by atoms with Crippen molar-refractivity contribution >= 4 is 41.1 Å². The van der Waals surface area contributed by atoms with Crippen LogP contribution >= 0.6 is 11.6 Å². The van der Waals surface area contributed by atoms with Crippen molar-refractivity contribution in [3.05, 3.63) is 23.2 Å². The van der Waals surface area contributed by atoms with Gasteiger partial charge in [0.1, 0.15) is 11.3 Å². The summed E-state index contributed by atoms with van der Waals surface area (Å²) in [5.41, 5.74) is -0.589. The molecule has 0 spiro atoms. The van der Waals surface area contributed by atoms with Gasteiger partial charge in [0.2, 0.25) is 0 Å². The van der Waals surface area contributed by atoms with E-state index in [0.29, 0.717) is 16.5 Å². The molecule has 1 fully saturated rings. The van der Waals surface area contributed by atoms with Gasteiger partial charge in [-0.2, -0.15) is 0 Å². The van der Waals surface area contributed by atoms with E-state index in [4.69, 9.17) is 21.1 Å². The number of methoxy groups -OCH3 is 1.